The Balaban J connectivity index is 2.38. The molecule has 0 aromatic heterocycles. The predicted octanol–water partition coefficient (Wildman–Crippen LogP) is 1.10. The highest BCUT2D eigenvalue weighted by Gasteiger charge is 2.09. The molecule has 1 aromatic carbocycles. The Bertz CT molecular complexity index is 432. The normalized spacial score (nSPS) is 12.2. The van der Waals surface area contributed by atoms with E-state index in [9.17, 15) is 9.90 Å². The van der Waals surface area contributed by atoms with Crippen LogP contribution in [0.15, 0.2) is 18.2 Å². The van der Waals surface area contributed by atoms with Crippen LogP contribution in [-0.2, 0) is 9.47 Å². The van der Waals surface area contributed by atoms with Gasteiger partial charge in [-0.3, -0.25) is 0 Å². The predicted molar refractivity (Wildman–Crippen MR) is 72.3 cm³/mol. The van der Waals surface area contributed by atoms with Crippen molar-refractivity contribution in [3.05, 3.63) is 29.3 Å². The van der Waals surface area contributed by atoms with Crippen molar-refractivity contribution in [3.8, 4) is 5.75 Å². The van der Waals surface area contributed by atoms with Gasteiger partial charge in [-0.05, 0) is 30.7 Å². The average Bonchev–Trinajstić information content (AvgIpc) is 2.41. The maximum absolute atomic E-state index is 10.9. The third-order valence-electron chi connectivity index (χ3n) is 2.61. The van der Waals surface area contributed by atoms with Crippen LogP contribution in [-0.4, -0.2) is 55.8 Å². The Morgan fingerprint density at radius 2 is 2.05 bits per heavy atom. The Hall–Kier alpha value is -1.63. The molecule has 1 unspecified atom stereocenters. The van der Waals surface area contributed by atoms with Gasteiger partial charge in [-0.1, -0.05) is 0 Å². The van der Waals surface area contributed by atoms with Crippen molar-refractivity contribution in [2.75, 3.05) is 33.5 Å². The molecule has 112 valence electrons. The van der Waals surface area contributed by atoms with Gasteiger partial charge in [-0.25, -0.2) is 4.79 Å². The monoisotopic (exact) mass is 284 g/mol. The second-order valence-electron chi connectivity index (χ2n) is 4.31. The number of benzene rings is 1. The number of aliphatic hydroxyl groups excluding tert-OH is 1. The second kappa shape index (κ2) is 8.52. The Morgan fingerprint density at radius 1 is 1.30 bits per heavy atom. The van der Waals surface area contributed by atoms with Crippen LogP contribution in [0.2, 0.25) is 0 Å². The fraction of sp³-hybridized carbons (Fsp3) is 0.500. The summed E-state index contributed by atoms with van der Waals surface area (Å²) in [5, 5.41) is 18.5. The van der Waals surface area contributed by atoms with Gasteiger partial charge in [-0.15, -0.1) is 0 Å². The summed E-state index contributed by atoms with van der Waals surface area (Å²) in [6, 6.07) is 4.67. The Morgan fingerprint density at radius 3 is 2.65 bits per heavy atom. The SMILES string of the molecule is COCCOCC(O)COc1ccc(C(=O)O)c(C)c1. The zero-order chi connectivity index (χ0) is 15.0. The highest BCUT2D eigenvalue weighted by Crippen LogP contribution is 2.17. The first-order valence-corrected chi connectivity index (χ1v) is 6.26. The van der Waals surface area contributed by atoms with E-state index in [1.165, 1.54) is 6.07 Å². The molecule has 0 fully saturated rings. The van der Waals surface area contributed by atoms with Crippen LogP contribution in [0, 0.1) is 6.92 Å². The molecule has 0 amide bonds. The molecule has 0 bridgehead atoms. The summed E-state index contributed by atoms with van der Waals surface area (Å²) < 4.78 is 15.4. The lowest BCUT2D eigenvalue weighted by atomic mass is 10.1. The number of aryl methyl sites for hydroxylation is 1. The minimum atomic E-state index is -0.972. The van der Waals surface area contributed by atoms with E-state index in [2.05, 4.69) is 0 Å². The number of ether oxygens (including phenoxy) is 3. The van der Waals surface area contributed by atoms with Gasteiger partial charge in [0, 0.05) is 7.11 Å². The van der Waals surface area contributed by atoms with Crippen molar-refractivity contribution in [1.82, 2.24) is 0 Å². The van der Waals surface area contributed by atoms with Crippen LogP contribution in [0.5, 0.6) is 5.75 Å². The molecule has 0 saturated carbocycles. The van der Waals surface area contributed by atoms with Crippen LogP contribution in [0.4, 0.5) is 0 Å². The van der Waals surface area contributed by atoms with E-state index in [-0.39, 0.29) is 18.8 Å². The molecule has 2 N–H and O–H groups in total. The molecule has 0 radical (unpaired) electrons. The van der Waals surface area contributed by atoms with Crippen LogP contribution in [0.25, 0.3) is 0 Å². The molecule has 20 heavy (non-hydrogen) atoms. The van der Waals surface area contributed by atoms with E-state index in [1.54, 1.807) is 26.2 Å². The van der Waals surface area contributed by atoms with Gasteiger partial charge < -0.3 is 24.4 Å². The van der Waals surface area contributed by atoms with E-state index in [4.69, 9.17) is 19.3 Å². The van der Waals surface area contributed by atoms with Gasteiger partial charge in [0.05, 0.1) is 25.4 Å². The van der Waals surface area contributed by atoms with Crippen molar-refractivity contribution in [1.29, 1.82) is 0 Å². The van der Waals surface area contributed by atoms with Crippen molar-refractivity contribution in [2.24, 2.45) is 0 Å². The first-order chi connectivity index (χ1) is 9.54. The molecule has 1 aromatic rings. The largest absolute Gasteiger partial charge is 0.491 e. The first-order valence-electron chi connectivity index (χ1n) is 6.26. The third kappa shape index (κ3) is 5.56. The topological polar surface area (TPSA) is 85.2 Å². The molecule has 6 heteroatoms. The van der Waals surface area contributed by atoms with Crippen molar-refractivity contribution >= 4 is 5.97 Å². The molecular weight excluding hydrogens is 264 g/mol. The fourth-order valence-electron chi connectivity index (χ4n) is 1.57. The highest BCUT2D eigenvalue weighted by atomic mass is 16.5. The smallest absolute Gasteiger partial charge is 0.335 e. The summed E-state index contributed by atoms with van der Waals surface area (Å²) in [6.07, 6.45) is -0.744. The number of hydrogen-bond donors (Lipinski definition) is 2. The highest BCUT2D eigenvalue weighted by molar-refractivity contribution is 5.89. The molecule has 0 aliphatic carbocycles. The van der Waals surface area contributed by atoms with Gasteiger partial charge in [0.1, 0.15) is 18.5 Å². The molecule has 6 nitrogen and oxygen atoms in total. The number of carboxylic acid groups (broad SMARTS) is 1. The summed E-state index contributed by atoms with van der Waals surface area (Å²) in [7, 11) is 1.58. The lowest BCUT2D eigenvalue weighted by Crippen LogP contribution is -2.24. The lowest BCUT2D eigenvalue weighted by Gasteiger charge is -2.13. The molecule has 1 rings (SSSR count). The van der Waals surface area contributed by atoms with Crippen molar-refractivity contribution in [2.45, 2.75) is 13.0 Å². The standard InChI is InChI=1S/C14H20O6/c1-10-7-12(3-4-13(10)14(16)17)20-9-11(15)8-19-6-5-18-2/h3-4,7,11,15H,5-6,8-9H2,1-2H3,(H,16,17). The average molecular weight is 284 g/mol. The summed E-state index contributed by atoms with van der Waals surface area (Å²) in [6.45, 7) is 2.83. The van der Waals surface area contributed by atoms with Gasteiger partial charge in [0.2, 0.25) is 0 Å². The lowest BCUT2D eigenvalue weighted by molar-refractivity contribution is -0.00420. The van der Waals surface area contributed by atoms with Crippen LogP contribution < -0.4 is 4.74 Å². The van der Waals surface area contributed by atoms with Gasteiger partial charge in [0.15, 0.2) is 0 Å². The number of aliphatic hydroxyl groups is 1. The number of rotatable bonds is 9. The third-order valence-corrected chi connectivity index (χ3v) is 2.61. The quantitative estimate of drug-likeness (QED) is 0.660. The van der Waals surface area contributed by atoms with Gasteiger partial charge in [-0.2, -0.15) is 0 Å². The van der Waals surface area contributed by atoms with E-state index in [1.807, 2.05) is 0 Å². The van der Waals surface area contributed by atoms with Crippen molar-refractivity contribution < 1.29 is 29.2 Å². The van der Waals surface area contributed by atoms with Gasteiger partial charge >= 0.3 is 5.97 Å². The van der Waals surface area contributed by atoms with Crippen LogP contribution >= 0.6 is 0 Å². The maximum Gasteiger partial charge on any atom is 0.335 e. The van der Waals surface area contributed by atoms with E-state index in [0.717, 1.165) is 0 Å². The summed E-state index contributed by atoms with van der Waals surface area (Å²) in [5.41, 5.74) is 0.849. The number of hydrogen-bond acceptors (Lipinski definition) is 5. The van der Waals surface area contributed by atoms with Crippen LogP contribution in [0.3, 0.4) is 0 Å². The second-order valence-corrected chi connectivity index (χ2v) is 4.31. The van der Waals surface area contributed by atoms with E-state index in [0.29, 0.717) is 24.5 Å². The van der Waals surface area contributed by atoms with E-state index < -0.39 is 12.1 Å². The maximum atomic E-state index is 10.9. The molecule has 0 saturated heterocycles. The Kier molecular flexibility index (Phi) is 7.00. The number of carbonyl (C=O) groups is 1. The van der Waals surface area contributed by atoms with E-state index >= 15 is 0 Å². The minimum Gasteiger partial charge on any atom is -0.491 e. The number of aromatic carboxylic acids is 1. The molecule has 0 aliphatic rings. The zero-order valence-corrected chi connectivity index (χ0v) is 11.7. The summed E-state index contributed by atoms with van der Waals surface area (Å²) >= 11 is 0. The Labute approximate surface area is 117 Å². The van der Waals surface area contributed by atoms with Crippen molar-refractivity contribution in [3.63, 3.8) is 0 Å². The molecule has 0 heterocycles. The molecule has 0 spiro atoms. The molecule has 0 aliphatic heterocycles. The van der Waals surface area contributed by atoms with Gasteiger partial charge in [0.25, 0.3) is 0 Å². The first kappa shape index (κ1) is 16.4. The fourth-order valence-corrected chi connectivity index (χ4v) is 1.57. The number of methoxy groups -OCH3 is 1. The van der Waals surface area contributed by atoms with Crippen LogP contribution in [0.1, 0.15) is 15.9 Å². The number of carboxylic acids is 1. The minimum absolute atomic E-state index is 0.0822. The zero-order valence-electron chi connectivity index (χ0n) is 11.7. The summed E-state index contributed by atoms with van der Waals surface area (Å²) in [4.78, 5) is 10.9. The molecule has 1 atom stereocenters. The molecular formula is C14H20O6. The summed E-state index contributed by atoms with van der Waals surface area (Å²) in [5.74, 6) is -0.455.